The van der Waals surface area contributed by atoms with Gasteiger partial charge >= 0.3 is 5.97 Å². The van der Waals surface area contributed by atoms with Crippen LogP contribution in [-0.2, 0) is 14.8 Å². The summed E-state index contributed by atoms with van der Waals surface area (Å²) in [5.74, 6) is -1.53. The monoisotopic (exact) mass is 316 g/mol. The smallest absolute Gasteiger partial charge is 0.317 e. The first-order chi connectivity index (χ1) is 9.80. The standard InChI is InChI=1S/C13H17FN2O4S/c1-10-2-3-11(14)8-12(10)21(19,20)16-6-4-15(5-7-16)9-13(17)18/h2-3,8H,4-7,9H2,1H3,(H,17,18). The van der Waals surface area contributed by atoms with Gasteiger partial charge in [-0.25, -0.2) is 12.8 Å². The fraction of sp³-hybridized carbons (Fsp3) is 0.462. The van der Waals surface area contributed by atoms with E-state index in [1.54, 1.807) is 11.8 Å². The Labute approximate surface area is 122 Å². The summed E-state index contributed by atoms with van der Waals surface area (Å²) in [6, 6.07) is 3.68. The van der Waals surface area contributed by atoms with Gasteiger partial charge in [-0.1, -0.05) is 6.07 Å². The van der Waals surface area contributed by atoms with Gasteiger partial charge in [-0.3, -0.25) is 9.69 Å². The lowest BCUT2D eigenvalue weighted by atomic mass is 10.2. The second-order valence-corrected chi connectivity index (χ2v) is 6.89. The molecule has 0 radical (unpaired) electrons. The topological polar surface area (TPSA) is 77.9 Å². The predicted octanol–water partition coefficient (Wildman–Crippen LogP) is 0.525. The van der Waals surface area contributed by atoms with E-state index in [4.69, 9.17) is 5.11 Å². The maximum absolute atomic E-state index is 13.3. The first-order valence-corrected chi connectivity index (χ1v) is 7.95. The van der Waals surface area contributed by atoms with E-state index >= 15 is 0 Å². The lowest BCUT2D eigenvalue weighted by molar-refractivity contribution is -0.138. The number of carbonyl (C=O) groups is 1. The van der Waals surface area contributed by atoms with Gasteiger partial charge in [0.25, 0.3) is 0 Å². The molecule has 1 aromatic rings. The van der Waals surface area contributed by atoms with Gasteiger partial charge in [-0.2, -0.15) is 4.31 Å². The molecule has 1 saturated heterocycles. The van der Waals surface area contributed by atoms with Crippen molar-refractivity contribution in [1.82, 2.24) is 9.21 Å². The summed E-state index contributed by atoms with van der Waals surface area (Å²) >= 11 is 0. The molecule has 0 amide bonds. The largest absolute Gasteiger partial charge is 0.480 e. The van der Waals surface area contributed by atoms with Crippen LogP contribution in [0.15, 0.2) is 23.1 Å². The van der Waals surface area contributed by atoms with Gasteiger partial charge in [0, 0.05) is 26.2 Å². The molecular weight excluding hydrogens is 299 g/mol. The van der Waals surface area contributed by atoms with Gasteiger partial charge in [0.05, 0.1) is 11.4 Å². The van der Waals surface area contributed by atoms with E-state index in [1.807, 2.05) is 0 Å². The van der Waals surface area contributed by atoms with Crippen LogP contribution < -0.4 is 0 Å². The van der Waals surface area contributed by atoms with Crippen LogP contribution in [0.2, 0.25) is 0 Å². The molecule has 8 heteroatoms. The number of aryl methyl sites for hydroxylation is 1. The molecule has 1 N–H and O–H groups in total. The van der Waals surface area contributed by atoms with E-state index in [0.717, 1.165) is 6.07 Å². The van der Waals surface area contributed by atoms with Crippen molar-refractivity contribution in [3.05, 3.63) is 29.6 Å². The van der Waals surface area contributed by atoms with Crippen molar-refractivity contribution < 1.29 is 22.7 Å². The number of halogens is 1. The van der Waals surface area contributed by atoms with Gasteiger partial charge in [0.15, 0.2) is 0 Å². The van der Waals surface area contributed by atoms with Crippen molar-refractivity contribution in [2.75, 3.05) is 32.7 Å². The second-order valence-electron chi connectivity index (χ2n) is 4.98. The van der Waals surface area contributed by atoms with Crippen LogP contribution in [0.25, 0.3) is 0 Å². The van der Waals surface area contributed by atoms with Crippen molar-refractivity contribution in [3.63, 3.8) is 0 Å². The first kappa shape index (κ1) is 15.9. The highest BCUT2D eigenvalue weighted by atomic mass is 32.2. The van der Waals surface area contributed by atoms with Crippen LogP contribution in [-0.4, -0.2) is 61.4 Å². The predicted molar refractivity (Wildman–Crippen MR) is 74.0 cm³/mol. The Bertz CT molecular complexity index is 640. The van der Waals surface area contributed by atoms with E-state index in [9.17, 15) is 17.6 Å². The molecule has 1 fully saturated rings. The second kappa shape index (κ2) is 6.08. The zero-order chi connectivity index (χ0) is 15.6. The number of piperazine rings is 1. The van der Waals surface area contributed by atoms with Crippen molar-refractivity contribution in [3.8, 4) is 0 Å². The van der Waals surface area contributed by atoms with Crippen LogP contribution in [0.3, 0.4) is 0 Å². The molecule has 1 aromatic carbocycles. The molecule has 0 unspecified atom stereocenters. The number of hydrogen-bond donors (Lipinski definition) is 1. The van der Waals surface area contributed by atoms with E-state index in [1.165, 1.54) is 16.4 Å². The summed E-state index contributed by atoms with van der Waals surface area (Å²) < 4.78 is 39.6. The Hall–Kier alpha value is -1.51. The molecule has 0 aromatic heterocycles. The molecule has 2 rings (SSSR count). The van der Waals surface area contributed by atoms with Crippen LogP contribution in [0.1, 0.15) is 5.56 Å². The van der Waals surface area contributed by atoms with Crippen LogP contribution in [0.4, 0.5) is 4.39 Å². The maximum Gasteiger partial charge on any atom is 0.317 e. The summed E-state index contributed by atoms with van der Waals surface area (Å²) in [4.78, 5) is 12.3. The van der Waals surface area contributed by atoms with Gasteiger partial charge in [-0.15, -0.1) is 0 Å². The summed E-state index contributed by atoms with van der Waals surface area (Å²) in [5, 5.41) is 8.72. The molecule has 1 aliphatic heterocycles. The Kier molecular flexibility index (Phi) is 4.60. The minimum Gasteiger partial charge on any atom is -0.480 e. The summed E-state index contributed by atoms with van der Waals surface area (Å²) in [5.41, 5.74) is 0.490. The molecular formula is C13H17FN2O4S. The molecule has 0 saturated carbocycles. The van der Waals surface area contributed by atoms with Gasteiger partial charge in [-0.05, 0) is 24.6 Å². The molecule has 0 aliphatic carbocycles. The number of nitrogens with zero attached hydrogens (tertiary/aromatic N) is 2. The van der Waals surface area contributed by atoms with Gasteiger partial charge in [0.1, 0.15) is 5.82 Å². The van der Waals surface area contributed by atoms with E-state index < -0.39 is 21.8 Å². The highest BCUT2D eigenvalue weighted by molar-refractivity contribution is 7.89. The first-order valence-electron chi connectivity index (χ1n) is 6.51. The zero-order valence-corrected chi connectivity index (χ0v) is 12.4. The highest BCUT2D eigenvalue weighted by Crippen LogP contribution is 2.22. The number of benzene rings is 1. The number of carboxylic acids is 1. The fourth-order valence-corrected chi connectivity index (χ4v) is 3.97. The third-order valence-corrected chi connectivity index (χ3v) is 5.50. The van der Waals surface area contributed by atoms with Crippen molar-refractivity contribution in [2.45, 2.75) is 11.8 Å². The Morgan fingerprint density at radius 3 is 2.48 bits per heavy atom. The Morgan fingerprint density at radius 1 is 1.29 bits per heavy atom. The van der Waals surface area contributed by atoms with Crippen LogP contribution in [0.5, 0.6) is 0 Å². The molecule has 1 aliphatic rings. The summed E-state index contributed by atoms with van der Waals surface area (Å²) in [6.45, 7) is 2.61. The van der Waals surface area contributed by atoms with Gasteiger partial charge < -0.3 is 5.11 Å². The quantitative estimate of drug-likeness (QED) is 0.876. The highest BCUT2D eigenvalue weighted by Gasteiger charge is 2.30. The molecule has 0 bridgehead atoms. The van der Waals surface area contributed by atoms with E-state index in [-0.39, 0.29) is 24.5 Å². The Balaban J connectivity index is 2.15. The summed E-state index contributed by atoms with van der Waals surface area (Å²) in [7, 11) is -3.75. The number of aliphatic carboxylic acids is 1. The molecule has 0 atom stereocenters. The average Bonchev–Trinajstić information content (AvgIpc) is 2.41. The number of sulfonamides is 1. The van der Waals surface area contributed by atoms with Crippen LogP contribution >= 0.6 is 0 Å². The minimum atomic E-state index is -3.75. The number of carboxylic acid groups (broad SMARTS) is 1. The Morgan fingerprint density at radius 2 is 1.90 bits per heavy atom. The molecule has 6 nitrogen and oxygen atoms in total. The normalized spacial score (nSPS) is 17.8. The lowest BCUT2D eigenvalue weighted by Gasteiger charge is -2.33. The fourth-order valence-electron chi connectivity index (χ4n) is 2.31. The average molecular weight is 316 g/mol. The minimum absolute atomic E-state index is 0.0332. The number of rotatable bonds is 4. The third kappa shape index (κ3) is 3.58. The van der Waals surface area contributed by atoms with Crippen molar-refractivity contribution in [2.24, 2.45) is 0 Å². The SMILES string of the molecule is Cc1ccc(F)cc1S(=O)(=O)N1CCN(CC(=O)O)CC1. The third-order valence-electron chi connectivity index (χ3n) is 3.46. The zero-order valence-electron chi connectivity index (χ0n) is 11.6. The molecule has 21 heavy (non-hydrogen) atoms. The van der Waals surface area contributed by atoms with Gasteiger partial charge in [0.2, 0.25) is 10.0 Å². The number of hydrogen-bond acceptors (Lipinski definition) is 4. The van der Waals surface area contributed by atoms with Crippen molar-refractivity contribution >= 4 is 16.0 Å². The van der Waals surface area contributed by atoms with E-state index in [2.05, 4.69) is 0 Å². The maximum atomic E-state index is 13.3. The summed E-state index contributed by atoms with van der Waals surface area (Å²) in [6.07, 6.45) is 0. The molecule has 1 heterocycles. The molecule has 0 spiro atoms. The van der Waals surface area contributed by atoms with E-state index in [0.29, 0.717) is 18.7 Å². The van der Waals surface area contributed by atoms with Crippen molar-refractivity contribution in [1.29, 1.82) is 0 Å². The lowest BCUT2D eigenvalue weighted by Crippen LogP contribution is -2.49. The van der Waals surface area contributed by atoms with Crippen LogP contribution in [0, 0.1) is 12.7 Å². The molecule has 116 valence electrons.